The van der Waals surface area contributed by atoms with Crippen LogP contribution in [0.15, 0.2) is 78.0 Å². The zero-order valence-corrected chi connectivity index (χ0v) is 22.7. The number of thiophene rings is 1. The Morgan fingerprint density at radius 3 is 2.50 bits per heavy atom. The molecule has 1 unspecified atom stereocenters. The maximum atomic E-state index is 14.1. The molecule has 9 heteroatoms. The van der Waals surface area contributed by atoms with Crippen LogP contribution >= 0.6 is 22.7 Å². The van der Waals surface area contributed by atoms with E-state index in [4.69, 9.17) is 6.42 Å². The van der Waals surface area contributed by atoms with Gasteiger partial charge in [-0.25, -0.2) is 9.97 Å². The lowest BCUT2D eigenvalue weighted by atomic mass is 9.99. The summed E-state index contributed by atoms with van der Waals surface area (Å²) in [6.45, 7) is 5.75. The van der Waals surface area contributed by atoms with Crippen LogP contribution in [0.5, 0.6) is 0 Å². The molecule has 1 atom stereocenters. The summed E-state index contributed by atoms with van der Waals surface area (Å²) in [6, 6.07) is 14.3. The molecule has 2 amide bonds. The Morgan fingerprint density at radius 1 is 1.08 bits per heavy atom. The lowest BCUT2D eigenvalue weighted by Gasteiger charge is -2.33. The highest BCUT2D eigenvalue weighted by Gasteiger charge is 2.37. The number of imidazole rings is 1. The summed E-state index contributed by atoms with van der Waals surface area (Å²) >= 11 is 2.76. The number of hydrogen-bond donors (Lipinski definition) is 1. The molecular formula is C29H25N5O2S2. The minimum absolute atomic E-state index is 0.190. The number of fused-ring (bicyclic) bond motifs is 1. The fourth-order valence-electron chi connectivity index (χ4n) is 4.19. The Bertz CT molecular complexity index is 1640. The molecule has 0 fully saturated rings. The van der Waals surface area contributed by atoms with Crippen molar-refractivity contribution < 1.29 is 9.59 Å². The van der Waals surface area contributed by atoms with E-state index in [0.29, 0.717) is 10.7 Å². The standard InChI is InChI=1S/C29H25N5O2S2/c1-5-25-31-23(17-38-25)28(36)34(20-12-10-19(11-13-20)33-15-14-30-18-33)26(27(35)32-29(2,3)4)22-16-37-24-9-7-6-8-21(22)24/h1,6-18,26H,2-4H3,(H,32,35). The predicted molar refractivity (Wildman–Crippen MR) is 153 cm³/mol. The quantitative estimate of drug-likeness (QED) is 0.276. The molecular weight excluding hydrogens is 514 g/mol. The number of nitrogens with one attached hydrogen (secondary N) is 1. The van der Waals surface area contributed by atoms with Gasteiger partial charge in [-0.3, -0.25) is 14.5 Å². The Labute approximate surface area is 228 Å². The number of carbonyl (C=O) groups excluding carboxylic acids is 2. The van der Waals surface area contributed by atoms with Gasteiger partial charge in [0.25, 0.3) is 5.91 Å². The molecule has 0 radical (unpaired) electrons. The molecule has 2 aromatic carbocycles. The van der Waals surface area contributed by atoms with Crippen LogP contribution in [0.25, 0.3) is 15.8 Å². The maximum absolute atomic E-state index is 14.1. The van der Waals surface area contributed by atoms with Gasteiger partial charge in [0.05, 0.1) is 6.33 Å². The van der Waals surface area contributed by atoms with Gasteiger partial charge in [-0.1, -0.05) is 18.2 Å². The summed E-state index contributed by atoms with van der Waals surface area (Å²) in [5.41, 5.74) is 1.84. The Morgan fingerprint density at radius 2 is 1.84 bits per heavy atom. The normalized spacial score (nSPS) is 12.2. The van der Waals surface area contributed by atoms with Crippen molar-refractivity contribution in [2.45, 2.75) is 32.4 Å². The van der Waals surface area contributed by atoms with E-state index in [2.05, 4.69) is 21.2 Å². The van der Waals surface area contributed by atoms with Crippen molar-refractivity contribution >= 4 is 50.3 Å². The molecule has 0 aliphatic carbocycles. The number of aromatic nitrogens is 3. The van der Waals surface area contributed by atoms with Crippen molar-refractivity contribution in [3.05, 3.63) is 94.3 Å². The number of terminal acetylenes is 1. The van der Waals surface area contributed by atoms with Crippen molar-refractivity contribution in [3.8, 4) is 18.0 Å². The molecule has 1 N–H and O–H groups in total. The van der Waals surface area contributed by atoms with Gasteiger partial charge in [-0.2, -0.15) is 0 Å². The first kappa shape index (κ1) is 25.4. The smallest absolute Gasteiger partial charge is 0.278 e. The van der Waals surface area contributed by atoms with Gasteiger partial charge in [0.2, 0.25) is 5.91 Å². The molecule has 190 valence electrons. The highest BCUT2D eigenvalue weighted by Crippen LogP contribution is 2.37. The van der Waals surface area contributed by atoms with Crippen LogP contribution in [0, 0.1) is 12.3 Å². The number of nitrogens with zero attached hydrogens (tertiary/aromatic N) is 4. The van der Waals surface area contributed by atoms with Crippen molar-refractivity contribution in [1.29, 1.82) is 0 Å². The fourth-order valence-corrected chi connectivity index (χ4v) is 5.76. The predicted octanol–water partition coefficient (Wildman–Crippen LogP) is 5.83. The number of hydrogen-bond acceptors (Lipinski definition) is 6. The van der Waals surface area contributed by atoms with Crippen molar-refractivity contribution in [2.24, 2.45) is 0 Å². The highest BCUT2D eigenvalue weighted by molar-refractivity contribution is 7.17. The van der Waals surface area contributed by atoms with Crippen LogP contribution in [-0.4, -0.2) is 31.9 Å². The van der Waals surface area contributed by atoms with Gasteiger partial charge in [0.1, 0.15) is 11.7 Å². The van der Waals surface area contributed by atoms with E-state index in [1.807, 2.05) is 85.4 Å². The van der Waals surface area contributed by atoms with Crippen molar-refractivity contribution in [3.63, 3.8) is 0 Å². The van der Waals surface area contributed by atoms with Gasteiger partial charge in [0, 0.05) is 45.0 Å². The van der Waals surface area contributed by atoms with E-state index in [-0.39, 0.29) is 11.6 Å². The number of benzene rings is 2. The molecule has 0 bridgehead atoms. The lowest BCUT2D eigenvalue weighted by Crippen LogP contribution is -2.49. The topological polar surface area (TPSA) is 80.1 Å². The van der Waals surface area contributed by atoms with E-state index in [1.54, 1.807) is 17.9 Å². The zero-order chi connectivity index (χ0) is 26.9. The van der Waals surface area contributed by atoms with Gasteiger partial charge >= 0.3 is 0 Å². The van der Waals surface area contributed by atoms with Crippen LogP contribution in [0.4, 0.5) is 5.69 Å². The van der Waals surface area contributed by atoms with Crippen molar-refractivity contribution in [2.75, 3.05) is 4.90 Å². The largest absolute Gasteiger partial charge is 0.349 e. The monoisotopic (exact) mass is 539 g/mol. The van der Waals surface area contributed by atoms with Gasteiger partial charge in [-0.15, -0.1) is 29.1 Å². The maximum Gasteiger partial charge on any atom is 0.278 e. The van der Waals surface area contributed by atoms with Crippen LogP contribution in [0.2, 0.25) is 0 Å². The number of thiazole rings is 1. The molecule has 0 aliphatic heterocycles. The molecule has 0 aliphatic rings. The molecule has 3 heterocycles. The third-order valence-electron chi connectivity index (χ3n) is 5.81. The SMILES string of the molecule is C#Cc1nc(C(=O)N(c2ccc(-n3ccnc3)cc2)C(C(=O)NC(C)(C)C)c2csc3ccccc23)cs1. The minimum Gasteiger partial charge on any atom is -0.349 e. The molecule has 0 saturated heterocycles. The average Bonchev–Trinajstić information content (AvgIpc) is 3.67. The first-order valence-corrected chi connectivity index (χ1v) is 13.6. The molecule has 38 heavy (non-hydrogen) atoms. The number of amides is 2. The van der Waals surface area contributed by atoms with Crippen molar-refractivity contribution in [1.82, 2.24) is 19.9 Å². The fraction of sp³-hybridized carbons (Fsp3) is 0.172. The van der Waals surface area contributed by atoms with E-state index >= 15 is 0 Å². The summed E-state index contributed by atoms with van der Waals surface area (Å²) in [4.78, 5) is 38.1. The summed E-state index contributed by atoms with van der Waals surface area (Å²) in [5.74, 6) is 1.78. The van der Waals surface area contributed by atoms with E-state index < -0.39 is 17.5 Å². The summed E-state index contributed by atoms with van der Waals surface area (Å²) in [5, 5.41) is 7.99. The summed E-state index contributed by atoms with van der Waals surface area (Å²) in [6.07, 6.45) is 10.8. The second kappa shape index (κ2) is 10.2. The molecule has 5 aromatic rings. The van der Waals surface area contributed by atoms with E-state index in [9.17, 15) is 9.59 Å². The first-order chi connectivity index (χ1) is 18.2. The van der Waals surface area contributed by atoms with Crippen LogP contribution in [0.1, 0.15) is 47.9 Å². The minimum atomic E-state index is -0.951. The molecule has 0 spiro atoms. The number of rotatable bonds is 6. The second-order valence-corrected chi connectivity index (χ2v) is 11.4. The molecule has 0 saturated carbocycles. The van der Waals surface area contributed by atoms with Crippen LogP contribution < -0.4 is 10.2 Å². The highest BCUT2D eigenvalue weighted by atomic mass is 32.1. The Kier molecular flexibility index (Phi) is 6.85. The number of anilines is 1. The average molecular weight is 540 g/mol. The molecule has 7 nitrogen and oxygen atoms in total. The van der Waals surface area contributed by atoms with Crippen LogP contribution in [0.3, 0.4) is 0 Å². The molecule has 5 rings (SSSR count). The van der Waals surface area contributed by atoms with Gasteiger partial charge in [-0.05, 0) is 67.8 Å². The Hall–Kier alpha value is -4.26. The third kappa shape index (κ3) is 5.09. The first-order valence-electron chi connectivity index (χ1n) is 11.9. The lowest BCUT2D eigenvalue weighted by molar-refractivity contribution is -0.123. The summed E-state index contributed by atoms with van der Waals surface area (Å²) < 4.78 is 2.90. The van der Waals surface area contributed by atoms with E-state index in [0.717, 1.165) is 21.3 Å². The third-order valence-corrected chi connectivity index (χ3v) is 7.56. The van der Waals surface area contributed by atoms with E-state index in [1.165, 1.54) is 27.6 Å². The zero-order valence-electron chi connectivity index (χ0n) is 21.1. The van der Waals surface area contributed by atoms with Crippen LogP contribution in [-0.2, 0) is 4.79 Å². The molecule has 3 aromatic heterocycles. The summed E-state index contributed by atoms with van der Waals surface area (Å²) in [7, 11) is 0. The van der Waals surface area contributed by atoms with Gasteiger partial charge in [0.15, 0.2) is 5.01 Å². The Balaban J connectivity index is 1.69. The van der Waals surface area contributed by atoms with Gasteiger partial charge < -0.3 is 9.88 Å². The second-order valence-electron chi connectivity index (χ2n) is 9.67. The number of carbonyl (C=O) groups is 2.